The Balaban J connectivity index is 1.73. The second-order valence-corrected chi connectivity index (χ2v) is 19.2. The average Bonchev–Trinajstić information content (AvgIpc) is 3.55. The molecule has 0 fully saturated rings. The van der Waals surface area contributed by atoms with Crippen LogP contribution in [0.25, 0.3) is 0 Å². The highest BCUT2D eigenvalue weighted by molar-refractivity contribution is 7.94. The number of unbranched alkanes of at least 4 members (excludes halogenated alkanes) is 4. The first-order valence-electron chi connectivity index (χ1n) is 19.1. The molecule has 2 unspecified atom stereocenters. The quantitative estimate of drug-likeness (QED) is 0.0138. The first kappa shape index (κ1) is 48.5. The molecule has 2 heterocycles. The molecule has 0 bridgehead atoms. The molecule has 0 aromatic heterocycles. The van der Waals surface area contributed by atoms with E-state index in [1.54, 1.807) is 6.07 Å². The van der Waals surface area contributed by atoms with Crippen molar-refractivity contribution in [3.8, 4) is 0 Å². The molecule has 2 aromatic carbocycles. The molecule has 2 aliphatic heterocycles. The third-order valence-corrected chi connectivity index (χ3v) is 13.6. The third-order valence-electron chi connectivity index (χ3n) is 10.8. The smallest absolute Gasteiger partial charge is 0.303 e. The minimum absolute atomic E-state index is 0.0369. The Morgan fingerprint density at radius 1 is 0.898 bits per heavy atom. The van der Waals surface area contributed by atoms with E-state index in [0.29, 0.717) is 61.4 Å². The van der Waals surface area contributed by atoms with Crippen LogP contribution < -0.4 is 10.2 Å². The number of allylic oxidation sites excluding steroid dienone is 6. The van der Waals surface area contributed by atoms with Gasteiger partial charge in [-0.15, -0.1) is 4.33 Å². The summed E-state index contributed by atoms with van der Waals surface area (Å²) in [7, 11) is -8.75. The van der Waals surface area contributed by atoms with Crippen molar-refractivity contribution in [2.45, 2.75) is 106 Å². The molecule has 0 saturated carbocycles. The van der Waals surface area contributed by atoms with E-state index < -0.39 is 42.8 Å². The Morgan fingerprint density at radius 2 is 1.64 bits per heavy atom. The van der Waals surface area contributed by atoms with Crippen molar-refractivity contribution in [1.82, 2.24) is 0 Å². The van der Waals surface area contributed by atoms with Crippen LogP contribution in [0.1, 0.15) is 96.1 Å². The summed E-state index contributed by atoms with van der Waals surface area (Å²) in [5.74, 6) is -0.715. The number of likely N-dealkylation sites (N-methyl/N-ethyl adjacent to an activating group) is 1. The number of benzene rings is 2. The van der Waals surface area contributed by atoms with Gasteiger partial charge in [0.1, 0.15) is 6.54 Å². The van der Waals surface area contributed by atoms with Gasteiger partial charge < -0.3 is 15.3 Å². The molecule has 2 aromatic rings. The highest BCUT2D eigenvalue weighted by Crippen LogP contribution is 2.52. The van der Waals surface area contributed by atoms with Crippen molar-refractivity contribution in [3.63, 3.8) is 0 Å². The summed E-state index contributed by atoms with van der Waals surface area (Å²) in [4.78, 5) is 13.8. The molecule has 326 valence electrons. The Bertz CT molecular complexity index is 2120. The Morgan fingerprint density at radius 3 is 2.32 bits per heavy atom. The molecule has 2 aliphatic rings. The van der Waals surface area contributed by atoms with E-state index in [0.717, 1.165) is 71.7 Å². The van der Waals surface area contributed by atoms with Gasteiger partial charge in [0, 0.05) is 76.6 Å². The molecule has 4 rings (SSSR count). The number of nitrogens with zero attached hydrogens (tertiary/aromatic N) is 2. The van der Waals surface area contributed by atoms with Gasteiger partial charge in [0.25, 0.3) is 20.2 Å². The van der Waals surface area contributed by atoms with Crippen LogP contribution in [0, 0.1) is 0 Å². The monoisotopic (exact) mass is 900 g/mol. The molecule has 0 saturated heterocycles. The number of carbonyl (C=O) groups is 1. The Labute approximate surface area is 354 Å². The molecule has 20 heteroatoms. The molecule has 2 atom stereocenters. The lowest BCUT2D eigenvalue weighted by atomic mass is 9.75. The van der Waals surface area contributed by atoms with Crippen molar-refractivity contribution >= 4 is 67.4 Å². The van der Waals surface area contributed by atoms with Crippen LogP contribution in [0.4, 0.5) is 11.4 Å². The average molecular weight is 901 g/mol. The first-order chi connectivity index (χ1) is 28.0. The van der Waals surface area contributed by atoms with Crippen molar-refractivity contribution in [3.05, 3.63) is 83.6 Å². The summed E-state index contributed by atoms with van der Waals surface area (Å²) in [5.41, 5.74) is 3.95. The Kier molecular flexibility index (Phi) is 18.2. The maximum absolute atomic E-state index is 12.3. The van der Waals surface area contributed by atoms with E-state index in [2.05, 4.69) is 48.1 Å². The van der Waals surface area contributed by atoms with Gasteiger partial charge >= 0.3 is 5.97 Å². The lowest BCUT2D eigenvalue weighted by molar-refractivity contribution is -0.777. The summed E-state index contributed by atoms with van der Waals surface area (Å²) in [6, 6.07) is 10.2. The van der Waals surface area contributed by atoms with Gasteiger partial charge in [0.2, 0.25) is 5.69 Å². The van der Waals surface area contributed by atoms with Gasteiger partial charge in [-0.1, -0.05) is 36.1 Å². The van der Waals surface area contributed by atoms with E-state index in [4.69, 9.17) is 10.4 Å². The number of carboxylic acid groups (broad SMARTS) is 1. The second kappa shape index (κ2) is 22.1. The van der Waals surface area contributed by atoms with Crippen molar-refractivity contribution in [2.75, 3.05) is 29.5 Å². The van der Waals surface area contributed by atoms with Crippen LogP contribution in [0.2, 0.25) is 0 Å². The molecule has 0 spiro atoms. The van der Waals surface area contributed by atoms with Crippen LogP contribution in [-0.4, -0.2) is 77.2 Å². The largest absolute Gasteiger partial charge is 0.691 e. The Hall–Kier alpha value is -3.12. The number of anilines is 1. The van der Waals surface area contributed by atoms with Crippen LogP contribution in [0.15, 0.2) is 82.3 Å². The van der Waals surface area contributed by atoms with Gasteiger partial charge in [-0.3, -0.25) is 18.9 Å². The van der Waals surface area contributed by atoms with Gasteiger partial charge in [-0.2, -0.15) is 25.7 Å². The number of carboxylic acids is 1. The maximum atomic E-state index is 12.3. The lowest BCUT2D eigenvalue weighted by Crippen LogP contribution is -2.31. The zero-order valence-corrected chi connectivity index (χ0v) is 36.4. The molecule has 4 N–H and O–H groups in total. The highest BCUT2D eigenvalue weighted by Gasteiger charge is 2.48. The first-order valence-corrected chi connectivity index (χ1v) is 23.8. The summed E-state index contributed by atoms with van der Waals surface area (Å²) < 4.78 is 78.2. The van der Waals surface area contributed by atoms with E-state index in [9.17, 15) is 36.0 Å². The minimum atomic E-state index is -4.56. The highest BCUT2D eigenvalue weighted by atomic mass is 32.2. The SMILES string of the molecule is CCN1/C(=C/C=C/C=C/C2=[N+](CCCCCC(=O)O)c3ccc(S(=O)(=O)O)cc3C2(C)CCCCS(=O)(=O)O)C(C)(CCCCSOOO)c2cc(SOO[O-])ccc21. The summed E-state index contributed by atoms with van der Waals surface area (Å²) in [5, 5.41) is 35.5. The van der Waals surface area contributed by atoms with Crippen molar-refractivity contribution < 1.29 is 69.7 Å². The van der Waals surface area contributed by atoms with Crippen LogP contribution in [-0.2, 0) is 54.6 Å². The van der Waals surface area contributed by atoms with E-state index in [1.165, 1.54) is 12.1 Å². The number of hydrogen-bond acceptors (Lipinski definition) is 14. The minimum Gasteiger partial charge on any atom is -0.691 e. The molecule has 0 radical (unpaired) electrons. The van der Waals surface area contributed by atoms with Crippen LogP contribution in [0.5, 0.6) is 0 Å². The summed E-state index contributed by atoms with van der Waals surface area (Å²) >= 11 is 1.82. The summed E-state index contributed by atoms with van der Waals surface area (Å²) in [6.45, 7) is 7.30. The van der Waals surface area contributed by atoms with E-state index >= 15 is 0 Å². The number of rotatable bonds is 26. The topological polar surface area (TPSA) is 232 Å². The van der Waals surface area contributed by atoms with Gasteiger partial charge in [-0.25, -0.2) is 5.26 Å². The molecule has 0 amide bonds. The molecule has 59 heavy (non-hydrogen) atoms. The molecular formula is C39H52N2O14S4. The van der Waals surface area contributed by atoms with Crippen LogP contribution in [0.3, 0.4) is 0 Å². The lowest BCUT2D eigenvalue weighted by Gasteiger charge is -2.30. The van der Waals surface area contributed by atoms with Crippen LogP contribution >= 0.6 is 24.1 Å². The van der Waals surface area contributed by atoms with Crippen molar-refractivity contribution in [1.29, 1.82) is 0 Å². The maximum Gasteiger partial charge on any atom is 0.303 e. The zero-order valence-electron chi connectivity index (χ0n) is 33.1. The number of aliphatic carboxylic acids is 1. The molecule has 16 nitrogen and oxygen atoms in total. The number of fused-ring (bicyclic) bond motifs is 2. The second-order valence-electron chi connectivity index (χ2n) is 14.7. The molecule has 0 aliphatic carbocycles. The van der Waals surface area contributed by atoms with E-state index in [-0.39, 0.29) is 17.7 Å². The fourth-order valence-corrected chi connectivity index (χ4v) is 9.88. The fourth-order valence-electron chi connectivity index (χ4n) is 7.98. The summed E-state index contributed by atoms with van der Waals surface area (Å²) in [6.07, 6.45) is 14.7. The standard InChI is InChI=1S/C39H52N2O14S4/c1-4-40-33-20-18-29(57-55-53-45)27-31(33)38(2,22-10-13-25-56-54-52-44)35(40)15-7-5-8-16-36-39(3,23-11-14-26-58(46,47)48)32-28-30(59(49,50)51)19-21-34(32)41(36)24-12-6-9-17-37(42)43/h5,7-8,15-16,18-21,27-28H,4,6,9-14,17,22-26H2,1-3H3,(H4-,42,43,44,45,46,47,48,49,50,51). The van der Waals surface area contributed by atoms with Gasteiger partial charge in [0.15, 0.2) is 5.71 Å². The zero-order chi connectivity index (χ0) is 43.3. The fraction of sp³-hybridized carbons (Fsp3) is 0.487. The third kappa shape index (κ3) is 12.9. The van der Waals surface area contributed by atoms with E-state index in [1.807, 2.05) is 49.4 Å². The molecular weight excluding hydrogens is 849 g/mol. The predicted octanol–water partition coefficient (Wildman–Crippen LogP) is 7.26. The van der Waals surface area contributed by atoms with Gasteiger partial charge in [0.05, 0.1) is 28.1 Å². The van der Waals surface area contributed by atoms with Crippen molar-refractivity contribution in [2.24, 2.45) is 0 Å². The predicted molar refractivity (Wildman–Crippen MR) is 222 cm³/mol. The van der Waals surface area contributed by atoms with Gasteiger partial charge in [-0.05, 0) is 101 Å². The number of hydrogen-bond donors (Lipinski definition) is 4. The normalized spacial score (nSPS) is 20.1.